The van der Waals surface area contributed by atoms with E-state index in [1.165, 1.54) is 23.7 Å². The molecule has 2 rings (SSSR count). The highest BCUT2D eigenvalue weighted by atomic mass is 32.2. The predicted molar refractivity (Wildman–Crippen MR) is 80.3 cm³/mol. The number of hydrogen-bond donors (Lipinski definition) is 0. The lowest BCUT2D eigenvalue weighted by Gasteiger charge is -2.28. The maximum absolute atomic E-state index is 14.2. The zero-order valence-corrected chi connectivity index (χ0v) is 13.5. The van der Waals surface area contributed by atoms with E-state index in [1.807, 2.05) is 20.8 Å². The molecule has 0 N–H and O–H groups in total. The zero-order chi connectivity index (χ0) is 15.3. The molecule has 0 spiro atoms. The minimum absolute atomic E-state index is 0.219. The maximum Gasteiger partial charge on any atom is 0.232 e. The van der Waals surface area contributed by atoms with E-state index < -0.39 is 10.0 Å². The molecule has 0 aliphatic heterocycles. The Morgan fingerprint density at radius 1 is 1.25 bits per heavy atom. The van der Waals surface area contributed by atoms with E-state index in [2.05, 4.69) is 0 Å². The van der Waals surface area contributed by atoms with Crippen LogP contribution in [0.1, 0.15) is 50.7 Å². The molecule has 1 aliphatic carbocycles. The lowest BCUT2D eigenvalue weighted by atomic mass is 9.84. The minimum atomic E-state index is -3.36. The highest BCUT2D eigenvalue weighted by Gasteiger charge is 2.31. The van der Waals surface area contributed by atoms with Crippen molar-refractivity contribution in [2.75, 3.05) is 17.6 Å². The molecule has 0 radical (unpaired) electrons. The molecular weight excluding hydrogens is 277 g/mol. The van der Waals surface area contributed by atoms with Gasteiger partial charge in [-0.25, -0.2) is 12.8 Å². The largest absolute Gasteiger partial charge is 0.273 e. The van der Waals surface area contributed by atoms with Gasteiger partial charge < -0.3 is 0 Å². The fourth-order valence-electron chi connectivity index (χ4n) is 2.33. The van der Waals surface area contributed by atoms with Crippen LogP contribution < -0.4 is 4.31 Å². The quantitative estimate of drug-likeness (QED) is 0.858. The first-order chi connectivity index (χ1) is 9.01. The molecule has 1 aromatic carbocycles. The Hall–Kier alpha value is -1.10. The molecule has 20 heavy (non-hydrogen) atoms. The summed E-state index contributed by atoms with van der Waals surface area (Å²) in [6, 6.07) is 3.22. The molecule has 112 valence electrons. The third-order valence-corrected chi connectivity index (χ3v) is 4.97. The Morgan fingerprint density at radius 2 is 1.80 bits per heavy atom. The highest BCUT2D eigenvalue weighted by molar-refractivity contribution is 7.92. The van der Waals surface area contributed by atoms with Crippen molar-refractivity contribution in [3.05, 3.63) is 29.1 Å². The highest BCUT2D eigenvalue weighted by Crippen LogP contribution is 2.44. The molecule has 1 fully saturated rings. The van der Waals surface area contributed by atoms with E-state index in [0.29, 0.717) is 16.8 Å². The number of benzene rings is 1. The smallest absolute Gasteiger partial charge is 0.232 e. The van der Waals surface area contributed by atoms with Gasteiger partial charge in [0.25, 0.3) is 0 Å². The SMILES string of the molecule is CN(c1cc(C2CC2)c(F)cc1C(C)(C)C)S(C)(=O)=O. The van der Waals surface area contributed by atoms with Crippen LogP contribution in [0.5, 0.6) is 0 Å². The molecule has 0 unspecified atom stereocenters. The van der Waals surface area contributed by atoms with Gasteiger partial charge in [-0.15, -0.1) is 0 Å². The Balaban J connectivity index is 2.65. The molecule has 0 atom stereocenters. The fourth-order valence-corrected chi connectivity index (χ4v) is 2.83. The zero-order valence-electron chi connectivity index (χ0n) is 12.7. The van der Waals surface area contributed by atoms with Gasteiger partial charge in [-0.3, -0.25) is 4.31 Å². The Labute approximate surface area is 120 Å². The molecule has 0 amide bonds. The van der Waals surface area contributed by atoms with Crippen molar-refractivity contribution in [1.29, 1.82) is 0 Å². The summed E-state index contributed by atoms with van der Waals surface area (Å²) in [5.41, 5.74) is 1.62. The Bertz CT molecular complexity index is 628. The topological polar surface area (TPSA) is 37.4 Å². The van der Waals surface area contributed by atoms with Crippen molar-refractivity contribution >= 4 is 15.7 Å². The number of hydrogen-bond acceptors (Lipinski definition) is 2. The van der Waals surface area contributed by atoms with E-state index >= 15 is 0 Å². The molecular formula is C15H22FNO2S. The molecule has 3 nitrogen and oxygen atoms in total. The number of rotatable bonds is 3. The summed E-state index contributed by atoms with van der Waals surface area (Å²) in [7, 11) is -1.84. The van der Waals surface area contributed by atoms with E-state index in [-0.39, 0.29) is 17.2 Å². The molecule has 0 heterocycles. The van der Waals surface area contributed by atoms with E-state index in [4.69, 9.17) is 0 Å². The van der Waals surface area contributed by atoms with Crippen LogP contribution in [0.25, 0.3) is 0 Å². The van der Waals surface area contributed by atoms with Crippen molar-refractivity contribution in [3.63, 3.8) is 0 Å². The van der Waals surface area contributed by atoms with Crippen LogP contribution in [0.4, 0.5) is 10.1 Å². The Morgan fingerprint density at radius 3 is 2.20 bits per heavy atom. The molecule has 1 aromatic rings. The monoisotopic (exact) mass is 299 g/mol. The maximum atomic E-state index is 14.2. The summed E-state index contributed by atoms with van der Waals surface area (Å²) in [4.78, 5) is 0. The van der Waals surface area contributed by atoms with Gasteiger partial charge in [0.1, 0.15) is 5.82 Å². The van der Waals surface area contributed by atoms with Crippen molar-refractivity contribution in [2.24, 2.45) is 0 Å². The summed E-state index contributed by atoms with van der Waals surface area (Å²) in [6.45, 7) is 5.87. The molecule has 0 saturated heterocycles. The fraction of sp³-hybridized carbons (Fsp3) is 0.600. The summed E-state index contributed by atoms with van der Waals surface area (Å²) in [6.07, 6.45) is 3.13. The first kappa shape index (κ1) is 15.3. The average Bonchev–Trinajstić information content (AvgIpc) is 3.09. The lowest BCUT2D eigenvalue weighted by Crippen LogP contribution is -2.28. The summed E-state index contributed by atoms with van der Waals surface area (Å²) >= 11 is 0. The number of sulfonamides is 1. The van der Waals surface area contributed by atoms with Crippen molar-refractivity contribution < 1.29 is 12.8 Å². The minimum Gasteiger partial charge on any atom is -0.273 e. The second-order valence-corrected chi connectivity index (χ2v) is 8.66. The third kappa shape index (κ3) is 2.97. The van der Waals surface area contributed by atoms with E-state index in [9.17, 15) is 12.8 Å². The van der Waals surface area contributed by atoms with Crippen LogP contribution >= 0.6 is 0 Å². The third-order valence-electron chi connectivity index (χ3n) is 3.78. The first-order valence-electron chi connectivity index (χ1n) is 6.79. The van der Waals surface area contributed by atoms with Gasteiger partial charge in [-0.05, 0) is 47.4 Å². The van der Waals surface area contributed by atoms with Crippen molar-refractivity contribution in [2.45, 2.75) is 44.9 Å². The standard InChI is InChI=1S/C15H22FNO2S/c1-15(2,3)12-9-13(16)11(10-6-7-10)8-14(12)17(4)20(5,18)19/h8-10H,6-7H2,1-5H3. The van der Waals surface area contributed by atoms with Gasteiger partial charge >= 0.3 is 0 Å². The summed E-state index contributed by atoms with van der Waals surface area (Å²) in [5.74, 6) is 0.0267. The summed E-state index contributed by atoms with van der Waals surface area (Å²) in [5, 5.41) is 0. The average molecular weight is 299 g/mol. The lowest BCUT2D eigenvalue weighted by molar-refractivity contribution is 0.565. The van der Waals surface area contributed by atoms with Crippen LogP contribution in [-0.4, -0.2) is 21.7 Å². The molecule has 0 aromatic heterocycles. The molecule has 1 saturated carbocycles. The van der Waals surface area contributed by atoms with Gasteiger partial charge in [-0.1, -0.05) is 20.8 Å². The Kier molecular flexibility index (Phi) is 3.61. The normalized spacial score (nSPS) is 16.3. The van der Waals surface area contributed by atoms with Crippen LogP contribution in [0.15, 0.2) is 12.1 Å². The van der Waals surface area contributed by atoms with Crippen LogP contribution in [-0.2, 0) is 15.4 Å². The predicted octanol–water partition coefficient (Wildman–Crippen LogP) is 3.40. The second kappa shape index (κ2) is 4.72. The van der Waals surface area contributed by atoms with Gasteiger partial charge in [0.2, 0.25) is 10.0 Å². The number of anilines is 1. The summed E-state index contributed by atoms with van der Waals surface area (Å²) < 4.78 is 39.1. The number of nitrogens with zero attached hydrogens (tertiary/aromatic N) is 1. The molecule has 0 bridgehead atoms. The number of halogens is 1. The van der Waals surface area contributed by atoms with E-state index in [0.717, 1.165) is 12.8 Å². The van der Waals surface area contributed by atoms with Crippen LogP contribution in [0.3, 0.4) is 0 Å². The second-order valence-electron chi connectivity index (χ2n) is 6.65. The van der Waals surface area contributed by atoms with Gasteiger partial charge in [0, 0.05) is 7.05 Å². The van der Waals surface area contributed by atoms with Crippen molar-refractivity contribution in [3.8, 4) is 0 Å². The van der Waals surface area contributed by atoms with Crippen LogP contribution in [0.2, 0.25) is 0 Å². The van der Waals surface area contributed by atoms with Gasteiger partial charge in [0.15, 0.2) is 0 Å². The van der Waals surface area contributed by atoms with Crippen LogP contribution in [0, 0.1) is 5.82 Å². The van der Waals surface area contributed by atoms with Crippen molar-refractivity contribution in [1.82, 2.24) is 0 Å². The molecule has 1 aliphatic rings. The first-order valence-corrected chi connectivity index (χ1v) is 8.64. The molecule has 5 heteroatoms. The van der Waals surface area contributed by atoms with E-state index in [1.54, 1.807) is 6.07 Å². The van der Waals surface area contributed by atoms with Gasteiger partial charge in [-0.2, -0.15) is 0 Å². The van der Waals surface area contributed by atoms with Gasteiger partial charge in [0.05, 0.1) is 11.9 Å².